The summed E-state index contributed by atoms with van der Waals surface area (Å²) >= 11 is 0. The number of rotatable bonds is 6. The highest BCUT2D eigenvalue weighted by Gasteiger charge is 2.22. The maximum Gasteiger partial charge on any atom is 0.121 e. The first-order valence-electron chi connectivity index (χ1n) is 7.66. The lowest BCUT2D eigenvalue weighted by atomic mass is 10.1. The Hall–Kier alpha value is -1.18. The fraction of sp³-hybridized carbons (Fsp3) is 0.647. The minimum Gasteiger partial charge on any atom is -0.493 e. The van der Waals surface area contributed by atoms with E-state index in [1.165, 1.54) is 31.4 Å². The van der Waals surface area contributed by atoms with Crippen LogP contribution in [0.1, 0.15) is 46.5 Å². The van der Waals surface area contributed by atoms with Crippen LogP contribution >= 0.6 is 0 Å². The van der Waals surface area contributed by atoms with Crippen molar-refractivity contribution in [1.29, 1.82) is 0 Å². The van der Waals surface area contributed by atoms with E-state index in [9.17, 15) is 0 Å². The number of benzene rings is 1. The maximum atomic E-state index is 5.77. The molecule has 2 unspecified atom stereocenters. The summed E-state index contributed by atoms with van der Waals surface area (Å²) < 4.78 is 5.77. The molecule has 2 rings (SSSR count). The van der Waals surface area contributed by atoms with Crippen LogP contribution in [0.5, 0.6) is 5.75 Å². The van der Waals surface area contributed by atoms with E-state index >= 15 is 0 Å². The van der Waals surface area contributed by atoms with Gasteiger partial charge in [0.1, 0.15) is 5.75 Å². The second-order valence-electron chi connectivity index (χ2n) is 6.16. The Morgan fingerprint density at radius 1 is 1.32 bits per heavy atom. The molecular formula is C17H27NO. The molecule has 2 heteroatoms. The average Bonchev–Trinajstić information content (AvgIpc) is 2.84. The lowest BCUT2D eigenvalue weighted by Crippen LogP contribution is -2.15. The van der Waals surface area contributed by atoms with Crippen molar-refractivity contribution in [3.05, 3.63) is 24.3 Å². The van der Waals surface area contributed by atoms with E-state index in [1.807, 2.05) is 6.07 Å². The monoisotopic (exact) mass is 261 g/mol. The SMILES string of the molecule is CCC1CCC(Nc2cccc(OCC(C)C)c2)C1. The highest BCUT2D eigenvalue weighted by molar-refractivity contribution is 5.49. The first-order valence-corrected chi connectivity index (χ1v) is 7.66. The van der Waals surface area contributed by atoms with Crippen molar-refractivity contribution in [2.45, 2.75) is 52.5 Å². The van der Waals surface area contributed by atoms with Gasteiger partial charge < -0.3 is 10.1 Å². The predicted molar refractivity (Wildman–Crippen MR) is 81.8 cm³/mol. The van der Waals surface area contributed by atoms with E-state index in [0.717, 1.165) is 18.3 Å². The molecule has 1 aromatic carbocycles. The summed E-state index contributed by atoms with van der Waals surface area (Å²) in [5, 5.41) is 3.65. The van der Waals surface area contributed by atoms with Gasteiger partial charge in [-0.15, -0.1) is 0 Å². The predicted octanol–water partition coefficient (Wildman–Crippen LogP) is 4.71. The van der Waals surface area contributed by atoms with Crippen molar-refractivity contribution in [3.63, 3.8) is 0 Å². The third-order valence-corrected chi connectivity index (χ3v) is 3.91. The zero-order valence-corrected chi connectivity index (χ0v) is 12.5. The number of ether oxygens (including phenoxy) is 1. The smallest absolute Gasteiger partial charge is 0.121 e. The highest BCUT2D eigenvalue weighted by Crippen LogP contribution is 2.30. The van der Waals surface area contributed by atoms with Crippen molar-refractivity contribution in [2.24, 2.45) is 11.8 Å². The van der Waals surface area contributed by atoms with Gasteiger partial charge in [0.25, 0.3) is 0 Å². The minimum atomic E-state index is 0.566. The van der Waals surface area contributed by atoms with Crippen molar-refractivity contribution < 1.29 is 4.74 Å². The molecule has 1 fully saturated rings. The Balaban J connectivity index is 1.88. The molecule has 1 aliphatic rings. The minimum absolute atomic E-state index is 0.566. The van der Waals surface area contributed by atoms with E-state index in [2.05, 4.69) is 44.3 Å². The number of anilines is 1. The van der Waals surface area contributed by atoms with Crippen LogP contribution in [0.3, 0.4) is 0 Å². The quantitative estimate of drug-likeness (QED) is 0.800. The molecule has 0 amide bonds. The third kappa shape index (κ3) is 4.45. The van der Waals surface area contributed by atoms with Crippen LogP contribution in [0.2, 0.25) is 0 Å². The molecule has 0 radical (unpaired) electrons. The number of hydrogen-bond donors (Lipinski definition) is 1. The van der Waals surface area contributed by atoms with Gasteiger partial charge >= 0.3 is 0 Å². The highest BCUT2D eigenvalue weighted by atomic mass is 16.5. The molecule has 1 aromatic rings. The van der Waals surface area contributed by atoms with Crippen molar-refractivity contribution >= 4 is 5.69 Å². The van der Waals surface area contributed by atoms with E-state index < -0.39 is 0 Å². The molecule has 0 bridgehead atoms. The molecule has 0 saturated heterocycles. The molecule has 0 aliphatic heterocycles. The zero-order valence-electron chi connectivity index (χ0n) is 12.5. The molecule has 0 spiro atoms. The first kappa shape index (κ1) is 14.2. The normalized spacial score (nSPS) is 22.7. The fourth-order valence-electron chi connectivity index (χ4n) is 2.75. The molecule has 106 valence electrons. The molecule has 1 N–H and O–H groups in total. The van der Waals surface area contributed by atoms with Gasteiger partial charge in [-0.05, 0) is 43.2 Å². The van der Waals surface area contributed by atoms with Crippen molar-refractivity contribution in [3.8, 4) is 5.75 Å². The molecule has 0 aromatic heterocycles. The van der Waals surface area contributed by atoms with Crippen molar-refractivity contribution in [2.75, 3.05) is 11.9 Å². The number of nitrogens with one attached hydrogen (secondary N) is 1. The lowest BCUT2D eigenvalue weighted by molar-refractivity contribution is 0.271. The maximum absolute atomic E-state index is 5.77. The van der Waals surface area contributed by atoms with Crippen LogP contribution in [-0.2, 0) is 0 Å². The van der Waals surface area contributed by atoms with Crippen LogP contribution in [0.4, 0.5) is 5.69 Å². The van der Waals surface area contributed by atoms with Crippen LogP contribution in [0.15, 0.2) is 24.3 Å². The number of hydrogen-bond acceptors (Lipinski definition) is 2. The van der Waals surface area contributed by atoms with E-state index in [0.29, 0.717) is 12.0 Å². The summed E-state index contributed by atoms with van der Waals surface area (Å²) in [5.74, 6) is 2.46. The molecule has 19 heavy (non-hydrogen) atoms. The van der Waals surface area contributed by atoms with E-state index in [4.69, 9.17) is 4.74 Å². The Labute approximate surface area is 117 Å². The second-order valence-corrected chi connectivity index (χ2v) is 6.16. The molecule has 2 atom stereocenters. The van der Waals surface area contributed by atoms with Gasteiger partial charge in [0.15, 0.2) is 0 Å². The first-order chi connectivity index (χ1) is 9.17. The van der Waals surface area contributed by atoms with Crippen LogP contribution in [0.25, 0.3) is 0 Å². The van der Waals surface area contributed by atoms with Gasteiger partial charge in [-0.1, -0.05) is 33.3 Å². The topological polar surface area (TPSA) is 21.3 Å². The molecule has 1 aliphatic carbocycles. The van der Waals surface area contributed by atoms with Gasteiger partial charge in [-0.3, -0.25) is 0 Å². The van der Waals surface area contributed by atoms with Crippen LogP contribution in [0, 0.1) is 11.8 Å². The summed E-state index contributed by atoms with van der Waals surface area (Å²) in [5.41, 5.74) is 1.20. The lowest BCUT2D eigenvalue weighted by Gasteiger charge is -2.16. The molecule has 0 heterocycles. The summed E-state index contributed by atoms with van der Waals surface area (Å²) in [6, 6.07) is 9.02. The van der Waals surface area contributed by atoms with Crippen LogP contribution in [-0.4, -0.2) is 12.6 Å². The molecule has 2 nitrogen and oxygen atoms in total. The Morgan fingerprint density at radius 3 is 2.84 bits per heavy atom. The Kier molecular flexibility index (Phi) is 5.12. The third-order valence-electron chi connectivity index (χ3n) is 3.91. The fourth-order valence-corrected chi connectivity index (χ4v) is 2.75. The van der Waals surface area contributed by atoms with E-state index in [1.54, 1.807) is 0 Å². The molecule has 1 saturated carbocycles. The van der Waals surface area contributed by atoms with Crippen LogP contribution < -0.4 is 10.1 Å². The van der Waals surface area contributed by atoms with E-state index in [-0.39, 0.29) is 0 Å². The summed E-state index contributed by atoms with van der Waals surface area (Å²) in [7, 11) is 0. The summed E-state index contributed by atoms with van der Waals surface area (Å²) in [6.07, 6.45) is 5.30. The second kappa shape index (κ2) is 6.83. The Bertz CT molecular complexity index is 389. The standard InChI is InChI=1S/C17H27NO/c1-4-14-8-9-16(10-14)18-15-6-5-7-17(11-15)19-12-13(2)3/h5-7,11,13-14,16,18H,4,8-10,12H2,1-3H3. The van der Waals surface area contributed by atoms with Crippen molar-refractivity contribution in [1.82, 2.24) is 0 Å². The zero-order chi connectivity index (χ0) is 13.7. The summed E-state index contributed by atoms with van der Waals surface area (Å²) in [6.45, 7) is 7.43. The summed E-state index contributed by atoms with van der Waals surface area (Å²) in [4.78, 5) is 0. The average molecular weight is 261 g/mol. The van der Waals surface area contributed by atoms with Gasteiger partial charge in [-0.25, -0.2) is 0 Å². The van der Waals surface area contributed by atoms with Gasteiger partial charge in [-0.2, -0.15) is 0 Å². The largest absolute Gasteiger partial charge is 0.493 e. The molecular weight excluding hydrogens is 234 g/mol. The van der Waals surface area contributed by atoms with Gasteiger partial charge in [0.05, 0.1) is 6.61 Å². The van der Waals surface area contributed by atoms with Gasteiger partial charge in [0, 0.05) is 17.8 Å². The van der Waals surface area contributed by atoms with Gasteiger partial charge in [0.2, 0.25) is 0 Å². The Morgan fingerprint density at radius 2 is 2.16 bits per heavy atom.